The number of aromatic nitrogens is 1. The molecule has 8 nitrogen and oxygen atoms in total. The third kappa shape index (κ3) is 3.55. The van der Waals surface area contributed by atoms with E-state index in [4.69, 9.17) is 8.83 Å². The van der Waals surface area contributed by atoms with E-state index >= 15 is 0 Å². The Morgan fingerprint density at radius 2 is 1.83 bits per heavy atom. The van der Waals surface area contributed by atoms with E-state index in [-0.39, 0.29) is 28.0 Å². The van der Waals surface area contributed by atoms with Crippen LogP contribution in [0.1, 0.15) is 30.7 Å². The highest BCUT2D eigenvalue weighted by Crippen LogP contribution is 2.34. The number of para-hydroxylation sites is 1. The van der Waals surface area contributed by atoms with Crippen molar-refractivity contribution in [2.45, 2.75) is 31.1 Å². The highest BCUT2D eigenvalue weighted by molar-refractivity contribution is 7.92. The van der Waals surface area contributed by atoms with Crippen LogP contribution < -0.4 is 9.21 Å². The highest BCUT2D eigenvalue weighted by atomic mass is 32.2. The zero-order valence-corrected chi connectivity index (χ0v) is 17.6. The van der Waals surface area contributed by atoms with E-state index in [0.29, 0.717) is 11.6 Å². The van der Waals surface area contributed by atoms with E-state index in [1.807, 2.05) is 11.0 Å². The summed E-state index contributed by atoms with van der Waals surface area (Å²) in [7, 11) is -2.35. The zero-order chi connectivity index (χ0) is 21.3. The van der Waals surface area contributed by atoms with Gasteiger partial charge in [0.05, 0.1) is 5.69 Å². The second-order valence-corrected chi connectivity index (χ2v) is 9.11. The van der Waals surface area contributed by atoms with Gasteiger partial charge in [0.25, 0.3) is 15.9 Å². The molecule has 1 aliphatic heterocycles. The predicted molar refractivity (Wildman–Crippen MR) is 112 cm³/mol. The second-order valence-electron chi connectivity index (χ2n) is 7.17. The molecule has 0 N–H and O–H groups in total. The van der Waals surface area contributed by atoms with Gasteiger partial charge in [-0.05, 0) is 38.3 Å². The minimum atomic E-state index is -3.84. The summed E-state index contributed by atoms with van der Waals surface area (Å²) < 4.78 is 39.0. The minimum Gasteiger partial charge on any atom is -0.455 e. The van der Waals surface area contributed by atoms with Crippen LogP contribution in [0, 0.1) is 18.3 Å². The summed E-state index contributed by atoms with van der Waals surface area (Å²) in [6, 6.07) is 12.3. The number of oxazole rings is 1. The number of hydrogen-bond donors (Lipinski definition) is 0. The van der Waals surface area contributed by atoms with Gasteiger partial charge in [0.15, 0.2) is 5.76 Å². The molecule has 156 valence electrons. The van der Waals surface area contributed by atoms with Crippen LogP contribution in [-0.4, -0.2) is 33.5 Å². The molecule has 3 aromatic rings. The quantitative estimate of drug-likeness (QED) is 0.609. The smallest absolute Gasteiger partial charge is 0.267 e. The number of furan rings is 1. The van der Waals surface area contributed by atoms with Crippen molar-refractivity contribution in [2.75, 3.05) is 29.3 Å². The number of anilines is 2. The van der Waals surface area contributed by atoms with Crippen LogP contribution in [0.25, 0.3) is 11.7 Å². The Hall–Kier alpha value is -3.25. The molecule has 2 aromatic heterocycles. The van der Waals surface area contributed by atoms with Gasteiger partial charge in [-0.3, -0.25) is 4.31 Å². The van der Waals surface area contributed by atoms with E-state index in [1.54, 1.807) is 31.2 Å². The predicted octanol–water partition coefficient (Wildman–Crippen LogP) is 3.93. The number of hydrogen-bond acceptors (Lipinski definition) is 7. The van der Waals surface area contributed by atoms with Gasteiger partial charge in [0.2, 0.25) is 11.6 Å². The van der Waals surface area contributed by atoms with Gasteiger partial charge >= 0.3 is 0 Å². The Balaban J connectivity index is 1.69. The minimum absolute atomic E-state index is 0.0279. The van der Waals surface area contributed by atoms with Gasteiger partial charge < -0.3 is 13.7 Å². The molecule has 0 amide bonds. The highest BCUT2D eigenvalue weighted by Gasteiger charge is 2.29. The molecular formula is C21H22N4O4S. The molecule has 0 unspecified atom stereocenters. The molecule has 9 heteroatoms. The number of nitriles is 1. The number of piperidine rings is 1. The first-order chi connectivity index (χ1) is 14.4. The summed E-state index contributed by atoms with van der Waals surface area (Å²) >= 11 is 0. The lowest BCUT2D eigenvalue weighted by atomic mass is 10.1. The van der Waals surface area contributed by atoms with Crippen molar-refractivity contribution < 1.29 is 17.3 Å². The Morgan fingerprint density at radius 3 is 2.50 bits per heavy atom. The first-order valence-electron chi connectivity index (χ1n) is 9.72. The molecule has 0 aliphatic carbocycles. The zero-order valence-electron chi connectivity index (χ0n) is 16.8. The van der Waals surface area contributed by atoms with E-state index in [1.165, 1.54) is 17.4 Å². The van der Waals surface area contributed by atoms with Gasteiger partial charge in [-0.1, -0.05) is 18.2 Å². The van der Waals surface area contributed by atoms with Crippen molar-refractivity contribution >= 4 is 21.6 Å². The lowest BCUT2D eigenvalue weighted by molar-refractivity contribution is 0.477. The topological polar surface area (TPSA) is 104 Å². The largest absolute Gasteiger partial charge is 0.455 e. The lowest BCUT2D eigenvalue weighted by Gasteiger charge is -2.25. The third-order valence-electron chi connectivity index (χ3n) is 5.20. The average molecular weight is 426 g/mol. The summed E-state index contributed by atoms with van der Waals surface area (Å²) in [4.78, 5) is 6.27. The summed E-state index contributed by atoms with van der Waals surface area (Å²) in [5.74, 6) is 0.905. The summed E-state index contributed by atoms with van der Waals surface area (Å²) in [6.07, 6.45) is 3.19. The number of benzene rings is 1. The van der Waals surface area contributed by atoms with Crippen LogP contribution >= 0.6 is 0 Å². The fourth-order valence-electron chi connectivity index (χ4n) is 3.55. The van der Waals surface area contributed by atoms with Crippen LogP contribution in [0.3, 0.4) is 0 Å². The van der Waals surface area contributed by atoms with Crippen LogP contribution in [0.4, 0.5) is 11.6 Å². The molecule has 0 saturated carbocycles. The Kier molecular flexibility index (Phi) is 5.26. The van der Waals surface area contributed by atoms with Crippen molar-refractivity contribution in [1.29, 1.82) is 5.26 Å². The molecule has 1 saturated heterocycles. The number of sulfonamides is 1. The van der Waals surface area contributed by atoms with Gasteiger partial charge in [-0.15, -0.1) is 0 Å². The van der Waals surface area contributed by atoms with Crippen molar-refractivity contribution in [1.82, 2.24) is 4.98 Å². The van der Waals surface area contributed by atoms with Crippen molar-refractivity contribution in [3.05, 3.63) is 47.9 Å². The van der Waals surface area contributed by atoms with E-state index < -0.39 is 10.0 Å². The van der Waals surface area contributed by atoms with E-state index in [2.05, 4.69) is 11.1 Å². The van der Waals surface area contributed by atoms with Crippen molar-refractivity contribution in [3.8, 4) is 17.7 Å². The molecule has 0 atom stereocenters. The number of aryl methyl sites for hydroxylation is 1. The Bertz CT molecular complexity index is 1190. The summed E-state index contributed by atoms with van der Waals surface area (Å²) in [5.41, 5.74) is 0.710. The Labute approximate surface area is 175 Å². The van der Waals surface area contributed by atoms with E-state index in [0.717, 1.165) is 32.4 Å². The SMILES string of the molecule is Cc1oc(-c2nc(C#N)c(N3CCCCC3)o2)cc1S(=O)(=O)N(C)c1ccccc1. The van der Waals surface area contributed by atoms with E-state index in [9.17, 15) is 13.7 Å². The average Bonchev–Trinajstić information content (AvgIpc) is 3.38. The maximum Gasteiger partial charge on any atom is 0.267 e. The molecule has 30 heavy (non-hydrogen) atoms. The van der Waals surface area contributed by atoms with Crippen molar-refractivity contribution in [2.24, 2.45) is 0 Å². The summed E-state index contributed by atoms with van der Waals surface area (Å²) in [5, 5.41) is 9.46. The molecule has 1 aromatic carbocycles. The van der Waals surface area contributed by atoms with Gasteiger partial charge in [0.1, 0.15) is 16.7 Å². The monoisotopic (exact) mass is 426 g/mol. The number of nitrogens with zero attached hydrogens (tertiary/aromatic N) is 4. The third-order valence-corrected chi connectivity index (χ3v) is 7.09. The maximum atomic E-state index is 13.1. The van der Waals surface area contributed by atoms with Crippen molar-refractivity contribution in [3.63, 3.8) is 0 Å². The molecule has 0 bridgehead atoms. The fraction of sp³-hybridized carbons (Fsp3) is 0.333. The molecule has 1 fully saturated rings. The number of rotatable bonds is 5. The molecule has 4 rings (SSSR count). The molecule has 3 heterocycles. The normalized spacial score (nSPS) is 14.5. The van der Waals surface area contributed by atoms with Crippen LogP contribution in [0.5, 0.6) is 0 Å². The first-order valence-corrected chi connectivity index (χ1v) is 11.2. The molecule has 1 aliphatic rings. The van der Waals surface area contributed by atoms with Gasteiger partial charge in [-0.2, -0.15) is 10.2 Å². The van der Waals surface area contributed by atoms with Gasteiger partial charge in [-0.25, -0.2) is 8.42 Å². The van der Waals surface area contributed by atoms with Crippen LogP contribution in [0.2, 0.25) is 0 Å². The Morgan fingerprint density at radius 1 is 1.13 bits per heavy atom. The lowest BCUT2D eigenvalue weighted by Crippen LogP contribution is -2.29. The summed E-state index contributed by atoms with van der Waals surface area (Å²) in [6.45, 7) is 3.17. The first kappa shape index (κ1) is 20.0. The van der Waals surface area contributed by atoms with Crippen LogP contribution in [0.15, 0.2) is 50.1 Å². The van der Waals surface area contributed by atoms with Crippen LogP contribution in [-0.2, 0) is 10.0 Å². The standard InChI is InChI=1S/C21H22N4O4S/c1-15-19(30(26,27)24(2)16-9-5-3-6-10-16)13-18(28-15)20-23-17(14-22)21(29-20)25-11-7-4-8-12-25/h3,5-6,9-10,13H,4,7-8,11-12H2,1-2H3. The maximum absolute atomic E-state index is 13.1. The van der Waals surface area contributed by atoms with Gasteiger partial charge in [0, 0.05) is 26.2 Å². The second kappa shape index (κ2) is 7.88. The molecule has 0 radical (unpaired) electrons. The fourth-order valence-corrected chi connectivity index (χ4v) is 4.91. The molecule has 0 spiro atoms. The molecular weight excluding hydrogens is 404 g/mol.